The molecule has 0 bridgehead atoms. The molecule has 0 aromatic heterocycles. The minimum Gasteiger partial charge on any atom is -0.394 e. The summed E-state index contributed by atoms with van der Waals surface area (Å²) < 4.78 is 0. The highest BCUT2D eigenvalue weighted by atomic mass is 16.3. The molecule has 1 rings (SSSR count). The average molecular weight is 270 g/mol. The fraction of sp³-hybridized carbons (Fsp3) is 1.00. The topological polar surface area (TPSA) is 35.5 Å². The van der Waals surface area contributed by atoms with Gasteiger partial charge in [0.15, 0.2) is 0 Å². The number of hydrogen-bond acceptors (Lipinski definition) is 3. The van der Waals surface area contributed by atoms with E-state index >= 15 is 0 Å². The maximum Gasteiger partial charge on any atom is 0.0610 e. The van der Waals surface area contributed by atoms with Crippen LogP contribution in [-0.2, 0) is 0 Å². The lowest BCUT2D eigenvalue weighted by Crippen LogP contribution is -2.45. The van der Waals surface area contributed by atoms with E-state index in [1.165, 1.54) is 38.6 Å². The summed E-state index contributed by atoms with van der Waals surface area (Å²) >= 11 is 0. The lowest BCUT2D eigenvalue weighted by molar-refractivity contribution is 0.157. The van der Waals surface area contributed by atoms with Crippen LogP contribution in [0.3, 0.4) is 0 Å². The summed E-state index contributed by atoms with van der Waals surface area (Å²) in [6, 6.07) is 1.58. The number of unbranched alkanes of at least 4 members (excludes halogenated alkanes) is 1. The van der Waals surface area contributed by atoms with Gasteiger partial charge in [0, 0.05) is 17.6 Å². The molecule has 0 aliphatic carbocycles. The van der Waals surface area contributed by atoms with Gasteiger partial charge in [-0.2, -0.15) is 0 Å². The molecule has 19 heavy (non-hydrogen) atoms. The van der Waals surface area contributed by atoms with Gasteiger partial charge in [-0.05, 0) is 59.0 Å². The van der Waals surface area contributed by atoms with E-state index in [2.05, 4.69) is 37.9 Å². The lowest BCUT2D eigenvalue weighted by atomic mass is 9.95. The zero-order chi connectivity index (χ0) is 14.3. The largest absolute Gasteiger partial charge is 0.394 e. The molecule has 1 fully saturated rings. The number of nitrogens with zero attached hydrogens (tertiary/aromatic N) is 1. The van der Waals surface area contributed by atoms with Crippen molar-refractivity contribution >= 4 is 0 Å². The van der Waals surface area contributed by atoms with E-state index in [0.29, 0.717) is 0 Å². The molecule has 0 aromatic rings. The second-order valence-electron chi connectivity index (χ2n) is 6.43. The molecule has 1 saturated heterocycles. The van der Waals surface area contributed by atoms with Crippen molar-refractivity contribution in [3.05, 3.63) is 0 Å². The summed E-state index contributed by atoms with van der Waals surface area (Å²) in [6.45, 7) is 11.3. The highest BCUT2D eigenvalue weighted by Gasteiger charge is 2.28. The van der Waals surface area contributed by atoms with E-state index < -0.39 is 0 Å². The monoisotopic (exact) mass is 270 g/mol. The fourth-order valence-electron chi connectivity index (χ4n) is 3.43. The summed E-state index contributed by atoms with van der Waals surface area (Å²) in [5.41, 5.74) is -0.0878. The Morgan fingerprint density at radius 1 is 1.26 bits per heavy atom. The normalized spacial score (nSPS) is 27.6. The van der Waals surface area contributed by atoms with Crippen molar-refractivity contribution in [3.8, 4) is 0 Å². The van der Waals surface area contributed by atoms with Crippen molar-refractivity contribution in [1.82, 2.24) is 10.2 Å². The minimum atomic E-state index is -0.0878. The smallest absolute Gasteiger partial charge is 0.0610 e. The van der Waals surface area contributed by atoms with Gasteiger partial charge in [-0.15, -0.1) is 0 Å². The van der Waals surface area contributed by atoms with E-state index in [9.17, 15) is 5.11 Å². The van der Waals surface area contributed by atoms with Crippen LogP contribution in [0.25, 0.3) is 0 Å². The van der Waals surface area contributed by atoms with Crippen LogP contribution in [0.4, 0.5) is 0 Å². The quantitative estimate of drug-likeness (QED) is 0.632. The fourth-order valence-corrected chi connectivity index (χ4v) is 3.43. The summed E-state index contributed by atoms with van der Waals surface area (Å²) in [4.78, 5) is 2.70. The van der Waals surface area contributed by atoms with Crippen molar-refractivity contribution in [2.45, 2.75) is 83.8 Å². The molecule has 0 saturated carbocycles. The second-order valence-corrected chi connectivity index (χ2v) is 6.43. The van der Waals surface area contributed by atoms with Gasteiger partial charge < -0.3 is 10.4 Å². The second kappa shape index (κ2) is 8.23. The van der Waals surface area contributed by atoms with Crippen LogP contribution < -0.4 is 5.32 Å². The van der Waals surface area contributed by atoms with E-state index in [1.807, 2.05) is 0 Å². The van der Waals surface area contributed by atoms with Crippen LogP contribution in [-0.4, -0.2) is 47.3 Å². The highest BCUT2D eigenvalue weighted by Crippen LogP contribution is 2.26. The first-order valence-electron chi connectivity index (χ1n) is 8.18. The number of likely N-dealkylation sites (N-methyl/N-ethyl adjacent to an activating group) is 1. The third-order valence-corrected chi connectivity index (χ3v) is 4.77. The number of aliphatic hydroxyl groups is 1. The molecule has 1 aliphatic rings. The van der Waals surface area contributed by atoms with Gasteiger partial charge in [-0.3, -0.25) is 4.90 Å². The van der Waals surface area contributed by atoms with E-state index in [-0.39, 0.29) is 12.1 Å². The van der Waals surface area contributed by atoms with Crippen LogP contribution in [0.2, 0.25) is 0 Å². The zero-order valence-electron chi connectivity index (χ0n) is 13.4. The number of rotatable bonds is 9. The van der Waals surface area contributed by atoms with Crippen molar-refractivity contribution in [2.24, 2.45) is 0 Å². The first kappa shape index (κ1) is 16.9. The molecular formula is C16H34N2O. The molecule has 2 N–H and O–H groups in total. The van der Waals surface area contributed by atoms with E-state index in [4.69, 9.17) is 0 Å². The number of nitrogens with one attached hydrogen (secondary N) is 1. The Balaban J connectivity index is 2.26. The highest BCUT2D eigenvalue weighted by molar-refractivity contribution is 4.85. The van der Waals surface area contributed by atoms with Crippen LogP contribution in [0.15, 0.2) is 0 Å². The predicted molar refractivity (Wildman–Crippen MR) is 82.5 cm³/mol. The van der Waals surface area contributed by atoms with Crippen LogP contribution in [0.1, 0.15) is 66.2 Å². The Bertz CT molecular complexity index is 247. The maximum atomic E-state index is 9.48. The van der Waals surface area contributed by atoms with Gasteiger partial charge >= 0.3 is 0 Å². The van der Waals surface area contributed by atoms with Gasteiger partial charge in [0.1, 0.15) is 0 Å². The van der Waals surface area contributed by atoms with Crippen molar-refractivity contribution in [1.29, 1.82) is 0 Å². The standard InChI is InChI=1S/C16H34N2O/c1-5-15-10-9-14(3)18(15)12-8-7-11-16(4,13-19)17-6-2/h14-15,17,19H,5-13H2,1-4H3. The lowest BCUT2D eigenvalue weighted by Gasteiger charge is -2.30. The molecular weight excluding hydrogens is 236 g/mol. The molecule has 0 radical (unpaired) electrons. The molecule has 0 aromatic carbocycles. The van der Waals surface area contributed by atoms with Crippen molar-refractivity contribution < 1.29 is 5.11 Å². The molecule has 3 nitrogen and oxygen atoms in total. The third kappa shape index (κ3) is 5.05. The SMILES string of the molecule is CCNC(C)(CO)CCCCN1C(C)CCC1CC. The van der Waals surface area contributed by atoms with Crippen molar-refractivity contribution in [3.63, 3.8) is 0 Å². The van der Waals surface area contributed by atoms with E-state index in [0.717, 1.165) is 25.0 Å². The predicted octanol–water partition coefficient (Wildman–Crippen LogP) is 2.78. The van der Waals surface area contributed by atoms with Gasteiger partial charge in [0.25, 0.3) is 0 Å². The average Bonchev–Trinajstić information content (AvgIpc) is 2.76. The maximum absolute atomic E-state index is 9.48. The molecule has 0 spiro atoms. The molecule has 114 valence electrons. The first-order chi connectivity index (χ1) is 9.06. The summed E-state index contributed by atoms with van der Waals surface area (Å²) in [7, 11) is 0. The Morgan fingerprint density at radius 2 is 2.00 bits per heavy atom. The Hall–Kier alpha value is -0.120. The Labute approximate surface area is 119 Å². The minimum absolute atomic E-state index is 0.0878. The number of hydrogen-bond donors (Lipinski definition) is 2. The zero-order valence-corrected chi connectivity index (χ0v) is 13.4. The molecule has 1 aliphatic heterocycles. The molecule has 3 atom stereocenters. The molecule has 3 heteroatoms. The Morgan fingerprint density at radius 3 is 2.58 bits per heavy atom. The molecule has 0 amide bonds. The summed E-state index contributed by atoms with van der Waals surface area (Å²) in [5, 5.41) is 12.9. The number of likely N-dealkylation sites (tertiary alicyclic amines) is 1. The third-order valence-electron chi connectivity index (χ3n) is 4.77. The Kier molecular flexibility index (Phi) is 7.33. The van der Waals surface area contributed by atoms with E-state index in [1.54, 1.807) is 0 Å². The van der Waals surface area contributed by atoms with Crippen LogP contribution in [0, 0.1) is 0 Å². The first-order valence-corrected chi connectivity index (χ1v) is 8.18. The summed E-state index contributed by atoms with van der Waals surface area (Å²) in [6.07, 6.45) is 7.55. The van der Waals surface area contributed by atoms with Crippen LogP contribution >= 0.6 is 0 Å². The van der Waals surface area contributed by atoms with Gasteiger partial charge in [0.05, 0.1) is 6.61 Å². The van der Waals surface area contributed by atoms with Gasteiger partial charge in [0.2, 0.25) is 0 Å². The van der Waals surface area contributed by atoms with Gasteiger partial charge in [-0.25, -0.2) is 0 Å². The summed E-state index contributed by atoms with van der Waals surface area (Å²) in [5.74, 6) is 0. The number of aliphatic hydroxyl groups excluding tert-OH is 1. The van der Waals surface area contributed by atoms with Crippen molar-refractivity contribution in [2.75, 3.05) is 19.7 Å². The molecule has 3 unspecified atom stereocenters. The van der Waals surface area contributed by atoms with Crippen LogP contribution in [0.5, 0.6) is 0 Å². The van der Waals surface area contributed by atoms with Gasteiger partial charge in [-0.1, -0.05) is 20.3 Å². The molecule has 1 heterocycles.